The quantitative estimate of drug-likeness (QED) is 0.402. The maximum absolute atomic E-state index is 13.3. The van der Waals surface area contributed by atoms with Crippen LogP contribution in [0.25, 0.3) is 0 Å². The van der Waals surface area contributed by atoms with Gasteiger partial charge in [-0.2, -0.15) is 0 Å². The summed E-state index contributed by atoms with van der Waals surface area (Å²) in [5.74, 6) is 2.59. The first kappa shape index (κ1) is 27.6. The highest BCUT2D eigenvalue weighted by molar-refractivity contribution is 6.05. The summed E-state index contributed by atoms with van der Waals surface area (Å²) in [4.78, 5) is 28.1. The van der Waals surface area contributed by atoms with E-state index in [0.717, 1.165) is 11.1 Å². The van der Waals surface area contributed by atoms with Gasteiger partial charge in [-0.1, -0.05) is 13.0 Å². The molecule has 4 rings (SSSR count). The van der Waals surface area contributed by atoms with Crippen molar-refractivity contribution in [1.29, 1.82) is 0 Å². The first-order chi connectivity index (χ1) is 18.9. The van der Waals surface area contributed by atoms with Gasteiger partial charge in [-0.25, -0.2) is 0 Å². The number of methoxy groups -OCH3 is 4. The van der Waals surface area contributed by atoms with Crippen LogP contribution >= 0.6 is 0 Å². The number of nitrogens with one attached hydrogen (secondary N) is 1. The molecule has 0 aliphatic carbocycles. The van der Waals surface area contributed by atoms with Crippen LogP contribution in [0.1, 0.15) is 34.8 Å². The van der Waals surface area contributed by atoms with Gasteiger partial charge in [0.25, 0.3) is 11.8 Å². The maximum Gasteiger partial charge on any atom is 0.263 e. The molecule has 9 heteroatoms. The molecule has 1 aliphatic rings. The van der Waals surface area contributed by atoms with Crippen LogP contribution in [0.3, 0.4) is 0 Å². The van der Waals surface area contributed by atoms with E-state index in [1.807, 2.05) is 31.2 Å². The number of amides is 2. The minimum Gasteiger partial charge on any atom is -0.497 e. The zero-order valence-corrected chi connectivity index (χ0v) is 22.9. The summed E-state index contributed by atoms with van der Waals surface area (Å²) in [6.07, 6.45) is 0.592. The van der Waals surface area contributed by atoms with Gasteiger partial charge in [-0.05, 0) is 60.9 Å². The molecule has 0 aromatic heterocycles. The topological polar surface area (TPSA) is 95.6 Å². The van der Waals surface area contributed by atoms with Crippen molar-refractivity contribution in [2.75, 3.05) is 40.3 Å². The molecule has 39 heavy (non-hydrogen) atoms. The Hall–Kier alpha value is -4.40. The zero-order valence-electron chi connectivity index (χ0n) is 22.9. The molecule has 1 atom stereocenters. The first-order valence-electron chi connectivity index (χ1n) is 12.7. The fraction of sp³-hybridized carbons (Fsp3) is 0.333. The van der Waals surface area contributed by atoms with E-state index in [1.54, 1.807) is 49.5 Å². The fourth-order valence-electron chi connectivity index (χ4n) is 4.48. The highest BCUT2D eigenvalue weighted by Crippen LogP contribution is 2.31. The van der Waals surface area contributed by atoms with Gasteiger partial charge in [0.15, 0.2) is 17.6 Å². The predicted octanol–water partition coefficient (Wildman–Crippen LogP) is 4.72. The second kappa shape index (κ2) is 12.4. The summed E-state index contributed by atoms with van der Waals surface area (Å²) in [5.41, 5.74) is 2.82. The van der Waals surface area contributed by atoms with Crippen LogP contribution in [0, 0.1) is 0 Å². The molecular formula is C30H34N2O7. The van der Waals surface area contributed by atoms with Crippen molar-refractivity contribution >= 4 is 17.5 Å². The Kier molecular flexibility index (Phi) is 8.81. The lowest BCUT2D eigenvalue weighted by Crippen LogP contribution is -2.40. The van der Waals surface area contributed by atoms with Crippen molar-refractivity contribution in [3.63, 3.8) is 0 Å². The lowest BCUT2D eigenvalue weighted by atomic mass is 10.1. The van der Waals surface area contributed by atoms with Gasteiger partial charge in [0.05, 0.1) is 28.4 Å². The Bertz CT molecular complexity index is 1320. The standard InChI is InChI=1S/C30H34N2O7/c1-6-25-30(34)32(12-11-19-7-9-27(37-4)28(13-19)38-5)18-21-14-22(8-10-26(21)39-25)31-29(33)20-15-23(35-2)17-24(16-20)36-3/h7-10,13-17,25H,6,11-12,18H2,1-5H3,(H,31,33)/t25-/m0/s1. The second-order valence-electron chi connectivity index (χ2n) is 9.09. The van der Waals surface area contributed by atoms with E-state index in [-0.39, 0.29) is 11.8 Å². The third-order valence-corrected chi connectivity index (χ3v) is 6.64. The van der Waals surface area contributed by atoms with E-state index in [1.165, 1.54) is 14.2 Å². The van der Waals surface area contributed by atoms with Crippen LogP contribution in [0.2, 0.25) is 0 Å². The molecule has 2 amide bonds. The van der Waals surface area contributed by atoms with E-state index >= 15 is 0 Å². The minimum absolute atomic E-state index is 0.0664. The molecule has 0 saturated heterocycles. The molecule has 0 bridgehead atoms. The number of carbonyl (C=O) groups is 2. The number of benzene rings is 3. The number of anilines is 1. The van der Waals surface area contributed by atoms with Gasteiger partial charge in [0, 0.05) is 36.0 Å². The smallest absolute Gasteiger partial charge is 0.263 e. The lowest BCUT2D eigenvalue weighted by molar-refractivity contribution is -0.138. The Morgan fingerprint density at radius 3 is 2.28 bits per heavy atom. The number of fused-ring (bicyclic) bond motifs is 1. The number of hydrogen-bond acceptors (Lipinski definition) is 7. The molecular weight excluding hydrogens is 500 g/mol. The van der Waals surface area contributed by atoms with E-state index < -0.39 is 6.10 Å². The Morgan fingerprint density at radius 2 is 1.64 bits per heavy atom. The molecule has 0 saturated carbocycles. The summed E-state index contributed by atoms with van der Waals surface area (Å²) >= 11 is 0. The third-order valence-electron chi connectivity index (χ3n) is 6.64. The van der Waals surface area contributed by atoms with Crippen LogP contribution in [-0.2, 0) is 17.8 Å². The lowest BCUT2D eigenvalue weighted by Gasteiger charge is -2.23. The molecule has 1 heterocycles. The molecule has 3 aromatic rings. The highest BCUT2D eigenvalue weighted by Gasteiger charge is 2.30. The highest BCUT2D eigenvalue weighted by atomic mass is 16.5. The van der Waals surface area contributed by atoms with Crippen LogP contribution in [-0.4, -0.2) is 57.8 Å². The molecule has 0 fully saturated rings. The van der Waals surface area contributed by atoms with Crippen LogP contribution in [0.5, 0.6) is 28.7 Å². The Morgan fingerprint density at radius 1 is 0.923 bits per heavy atom. The largest absolute Gasteiger partial charge is 0.497 e. The average molecular weight is 535 g/mol. The van der Waals surface area contributed by atoms with Gasteiger partial charge in [0.2, 0.25) is 0 Å². The van der Waals surface area contributed by atoms with Gasteiger partial charge in [0.1, 0.15) is 17.2 Å². The van der Waals surface area contributed by atoms with E-state index in [2.05, 4.69) is 5.32 Å². The summed E-state index contributed by atoms with van der Waals surface area (Å²) in [5, 5.41) is 2.93. The zero-order chi connectivity index (χ0) is 27.9. The number of rotatable bonds is 10. The molecule has 0 unspecified atom stereocenters. The fourth-order valence-corrected chi connectivity index (χ4v) is 4.48. The number of ether oxygens (including phenoxy) is 5. The van der Waals surface area contributed by atoms with Crippen LogP contribution < -0.4 is 29.0 Å². The van der Waals surface area contributed by atoms with Crippen molar-refractivity contribution in [2.24, 2.45) is 0 Å². The third kappa shape index (κ3) is 6.37. The monoisotopic (exact) mass is 534 g/mol. The van der Waals surface area contributed by atoms with E-state index in [0.29, 0.717) is 65.9 Å². The van der Waals surface area contributed by atoms with E-state index in [4.69, 9.17) is 23.7 Å². The van der Waals surface area contributed by atoms with Crippen molar-refractivity contribution in [1.82, 2.24) is 4.90 Å². The normalized spacial score (nSPS) is 14.5. The number of hydrogen-bond donors (Lipinski definition) is 1. The maximum atomic E-state index is 13.3. The van der Waals surface area contributed by atoms with Gasteiger partial charge < -0.3 is 33.9 Å². The SMILES string of the molecule is CC[C@@H]1Oc2ccc(NC(=O)c3cc(OC)cc(OC)c3)cc2CN(CCc2ccc(OC)c(OC)c2)C1=O. The second-order valence-corrected chi connectivity index (χ2v) is 9.09. The Balaban J connectivity index is 1.54. The molecule has 3 aromatic carbocycles. The van der Waals surface area contributed by atoms with E-state index in [9.17, 15) is 9.59 Å². The van der Waals surface area contributed by atoms with Gasteiger partial charge in [-0.3, -0.25) is 9.59 Å². The summed E-state index contributed by atoms with van der Waals surface area (Å²) in [6.45, 7) is 2.78. The van der Waals surface area contributed by atoms with Crippen molar-refractivity contribution in [3.05, 3.63) is 71.3 Å². The molecule has 0 spiro atoms. The van der Waals surface area contributed by atoms with Crippen molar-refractivity contribution in [2.45, 2.75) is 32.4 Å². The first-order valence-corrected chi connectivity index (χ1v) is 12.7. The minimum atomic E-state index is -0.582. The molecule has 206 valence electrons. The predicted molar refractivity (Wildman–Crippen MR) is 147 cm³/mol. The summed E-state index contributed by atoms with van der Waals surface area (Å²) in [7, 11) is 6.26. The van der Waals surface area contributed by atoms with Gasteiger partial charge in [-0.15, -0.1) is 0 Å². The molecule has 0 radical (unpaired) electrons. The van der Waals surface area contributed by atoms with Crippen molar-refractivity contribution < 1.29 is 33.3 Å². The molecule has 9 nitrogen and oxygen atoms in total. The van der Waals surface area contributed by atoms with Crippen LogP contribution in [0.4, 0.5) is 5.69 Å². The summed E-state index contributed by atoms with van der Waals surface area (Å²) in [6, 6.07) is 16.1. The molecule has 1 N–H and O–H groups in total. The number of nitrogens with zero attached hydrogens (tertiary/aromatic N) is 1. The molecule has 1 aliphatic heterocycles. The van der Waals surface area contributed by atoms with Crippen molar-refractivity contribution in [3.8, 4) is 28.7 Å². The van der Waals surface area contributed by atoms with Gasteiger partial charge >= 0.3 is 0 Å². The number of carbonyl (C=O) groups excluding carboxylic acids is 2. The summed E-state index contributed by atoms with van der Waals surface area (Å²) < 4.78 is 27.4. The average Bonchev–Trinajstić information content (AvgIpc) is 3.10. The van der Waals surface area contributed by atoms with Crippen LogP contribution in [0.15, 0.2) is 54.6 Å². The Labute approximate surface area is 228 Å².